The van der Waals surface area contributed by atoms with Crippen LogP contribution in [-0.4, -0.2) is 28.1 Å². The quantitative estimate of drug-likeness (QED) is 0.449. The van der Waals surface area contributed by atoms with Gasteiger partial charge in [-0.05, 0) is 13.0 Å². The zero-order chi connectivity index (χ0) is 8.74. The number of hydrogen-bond donors (Lipinski definition) is 3. The Balaban J connectivity index is 3.16. The third-order valence-corrected chi connectivity index (χ3v) is 1.64. The first kappa shape index (κ1) is 10.8. The van der Waals surface area contributed by atoms with E-state index in [1.807, 2.05) is 6.92 Å². The number of nitrogens with one attached hydrogen (secondary N) is 2. The van der Waals surface area contributed by atoms with Gasteiger partial charge in [0, 0.05) is 13.1 Å². The van der Waals surface area contributed by atoms with E-state index in [0.29, 0.717) is 13.1 Å². The normalized spacial score (nSPS) is 11.8. The van der Waals surface area contributed by atoms with Crippen LogP contribution in [0.1, 0.15) is 13.3 Å². The molecule has 0 amide bonds. The molecule has 4 N–H and O–H groups in total. The molecule has 0 atom stereocenters. The summed E-state index contributed by atoms with van der Waals surface area (Å²) in [6, 6.07) is 0. The van der Waals surface area contributed by atoms with Crippen molar-refractivity contribution in [2.75, 3.05) is 19.6 Å². The van der Waals surface area contributed by atoms with Crippen LogP contribution in [0.5, 0.6) is 0 Å². The summed E-state index contributed by atoms with van der Waals surface area (Å²) in [5, 5.41) is 7.71. The van der Waals surface area contributed by atoms with Gasteiger partial charge in [0.1, 0.15) is 0 Å². The van der Waals surface area contributed by atoms with E-state index in [-0.39, 0.29) is 0 Å². The van der Waals surface area contributed by atoms with Gasteiger partial charge in [0.2, 0.25) is 0 Å². The van der Waals surface area contributed by atoms with Gasteiger partial charge >= 0.3 is 0 Å². The molecule has 0 aromatic heterocycles. The molecular weight excluding hydrogens is 166 g/mol. The largest absolute Gasteiger partial charge is 0.315 e. The van der Waals surface area contributed by atoms with Crippen LogP contribution in [0, 0.1) is 0 Å². The average Bonchev–Trinajstić information content (AvgIpc) is 1.85. The lowest BCUT2D eigenvalue weighted by atomic mass is 10.5. The molecule has 0 spiro atoms. The SMILES string of the molecule is CCCNCCNS(N)(=O)=O. The second-order valence-corrected chi connectivity index (χ2v) is 3.57. The lowest BCUT2D eigenvalue weighted by Crippen LogP contribution is -2.36. The molecule has 11 heavy (non-hydrogen) atoms. The second-order valence-electron chi connectivity index (χ2n) is 2.19. The average molecular weight is 181 g/mol. The Morgan fingerprint density at radius 1 is 1.27 bits per heavy atom. The van der Waals surface area contributed by atoms with Gasteiger partial charge in [0.25, 0.3) is 10.2 Å². The van der Waals surface area contributed by atoms with E-state index in [0.717, 1.165) is 13.0 Å². The van der Waals surface area contributed by atoms with Crippen molar-refractivity contribution in [1.29, 1.82) is 0 Å². The second kappa shape index (κ2) is 5.48. The molecule has 5 nitrogen and oxygen atoms in total. The van der Waals surface area contributed by atoms with Crippen LogP contribution >= 0.6 is 0 Å². The highest BCUT2D eigenvalue weighted by Gasteiger charge is 1.97. The lowest BCUT2D eigenvalue weighted by Gasteiger charge is -2.02. The van der Waals surface area contributed by atoms with E-state index >= 15 is 0 Å². The fourth-order valence-electron chi connectivity index (χ4n) is 0.583. The van der Waals surface area contributed by atoms with Crippen molar-refractivity contribution in [2.24, 2.45) is 5.14 Å². The third-order valence-electron chi connectivity index (χ3n) is 1.03. The van der Waals surface area contributed by atoms with Gasteiger partial charge in [-0.15, -0.1) is 0 Å². The van der Waals surface area contributed by atoms with Crippen molar-refractivity contribution < 1.29 is 8.42 Å². The predicted molar refractivity (Wildman–Crippen MR) is 44.3 cm³/mol. The van der Waals surface area contributed by atoms with Crippen LogP contribution in [0.2, 0.25) is 0 Å². The highest BCUT2D eigenvalue weighted by atomic mass is 32.2. The van der Waals surface area contributed by atoms with E-state index in [4.69, 9.17) is 0 Å². The van der Waals surface area contributed by atoms with Gasteiger partial charge < -0.3 is 5.32 Å². The number of rotatable bonds is 6. The molecule has 0 radical (unpaired) electrons. The Kier molecular flexibility index (Phi) is 5.39. The summed E-state index contributed by atoms with van der Waals surface area (Å²) in [7, 11) is -3.50. The topological polar surface area (TPSA) is 84.2 Å². The maximum absolute atomic E-state index is 10.3. The molecule has 0 rings (SSSR count). The van der Waals surface area contributed by atoms with Crippen LogP contribution in [0.25, 0.3) is 0 Å². The first-order valence-corrected chi connectivity index (χ1v) is 5.09. The molecule has 0 fully saturated rings. The maximum atomic E-state index is 10.3. The monoisotopic (exact) mass is 181 g/mol. The summed E-state index contributed by atoms with van der Waals surface area (Å²) in [6.07, 6.45) is 1.04. The standard InChI is InChI=1S/C5H15N3O2S/c1-2-3-7-4-5-8-11(6,9)10/h7-8H,2-5H2,1H3,(H2,6,9,10). The van der Waals surface area contributed by atoms with Crippen molar-refractivity contribution in [3.63, 3.8) is 0 Å². The van der Waals surface area contributed by atoms with Crippen molar-refractivity contribution >= 4 is 10.2 Å². The Morgan fingerprint density at radius 3 is 2.36 bits per heavy atom. The molecule has 0 aromatic carbocycles. The molecule has 0 bridgehead atoms. The van der Waals surface area contributed by atoms with Gasteiger partial charge in [-0.3, -0.25) is 0 Å². The van der Waals surface area contributed by atoms with Gasteiger partial charge in [0.05, 0.1) is 0 Å². The fraction of sp³-hybridized carbons (Fsp3) is 1.00. The molecule has 0 heterocycles. The molecule has 0 aromatic rings. The van der Waals surface area contributed by atoms with Crippen molar-refractivity contribution in [2.45, 2.75) is 13.3 Å². The first-order valence-electron chi connectivity index (χ1n) is 3.54. The summed E-state index contributed by atoms with van der Waals surface area (Å²) in [6.45, 7) is 3.90. The molecule has 0 unspecified atom stereocenters. The highest BCUT2D eigenvalue weighted by Crippen LogP contribution is 1.69. The first-order chi connectivity index (χ1) is 5.06. The van der Waals surface area contributed by atoms with Gasteiger partial charge in [-0.1, -0.05) is 6.92 Å². The van der Waals surface area contributed by atoms with Gasteiger partial charge in [-0.2, -0.15) is 8.42 Å². The molecule has 68 valence electrons. The fourth-order valence-corrected chi connectivity index (χ4v) is 0.970. The van der Waals surface area contributed by atoms with Crippen LogP contribution in [0.3, 0.4) is 0 Å². The number of nitrogens with two attached hydrogens (primary N) is 1. The zero-order valence-electron chi connectivity index (χ0n) is 6.63. The lowest BCUT2D eigenvalue weighted by molar-refractivity contribution is 0.577. The predicted octanol–water partition coefficient (Wildman–Crippen LogP) is -1.22. The maximum Gasteiger partial charge on any atom is 0.274 e. The summed E-state index contributed by atoms with van der Waals surface area (Å²) < 4.78 is 22.8. The zero-order valence-corrected chi connectivity index (χ0v) is 7.45. The molecule has 6 heteroatoms. The molecule has 0 aliphatic rings. The summed E-state index contributed by atoms with van der Waals surface area (Å²) in [4.78, 5) is 0. The Labute approximate surface area is 67.5 Å². The third kappa shape index (κ3) is 9.83. The molecular formula is C5H15N3O2S. The van der Waals surface area contributed by atoms with E-state index < -0.39 is 10.2 Å². The van der Waals surface area contributed by atoms with Crippen LogP contribution in [0.4, 0.5) is 0 Å². The van der Waals surface area contributed by atoms with E-state index in [1.165, 1.54) is 0 Å². The van der Waals surface area contributed by atoms with E-state index in [1.54, 1.807) is 0 Å². The van der Waals surface area contributed by atoms with Gasteiger partial charge in [-0.25, -0.2) is 9.86 Å². The summed E-state index contributed by atoms with van der Waals surface area (Å²) in [5.74, 6) is 0. The Bertz CT molecular complexity index is 178. The minimum absolute atomic E-state index is 0.346. The van der Waals surface area contributed by atoms with Crippen LogP contribution in [0.15, 0.2) is 0 Å². The Morgan fingerprint density at radius 2 is 1.91 bits per heavy atom. The Hall–Kier alpha value is -0.170. The molecule has 0 aliphatic carbocycles. The van der Waals surface area contributed by atoms with Crippen LogP contribution in [-0.2, 0) is 10.2 Å². The van der Waals surface area contributed by atoms with Crippen molar-refractivity contribution in [3.8, 4) is 0 Å². The molecule has 0 saturated carbocycles. The van der Waals surface area contributed by atoms with Crippen LogP contribution < -0.4 is 15.2 Å². The van der Waals surface area contributed by atoms with Crippen molar-refractivity contribution in [1.82, 2.24) is 10.0 Å². The molecule has 0 saturated heterocycles. The van der Waals surface area contributed by atoms with E-state index in [9.17, 15) is 8.42 Å². The highest BCUT2D eigenvalue weighted by molar-refractivity contribution is 7.87. The minimum atomic E-state index is -3.50. The summed E-state index contributed by atoms with van der Waals surface area (Å²) >= 11 is 0. The smallest absolute Gasteiger partial charge is 0.274 e. The van der Waals surface area contributed by atoms with Gasteiger partial charge in [0.15, 0.2) is 0 Å². The van der Waals surface area contributed by atoms with Crippen molar-refractivity contribution in [3.05, 3.63) is 0 Å². The molecule has 0 aliphatic heterocycles. The number of hydrogen-bond acceptors (Lipinski definition) is 3. The minimum Gasteiger partial charge on any atom is -0.315 e. The summed E-state index contributed by atoms with van der Waals surface area (Å²) in [5.41, 5.74) is 0. The van der Waals surface area contributed by atoms with E-state index in [2.05, 4.69) is 15.2 Å².